The summed E-state index contributed by atoms with van der Waals surface area (Å²) in [5, 5.41) is 5.73. The van der Waals surface area contributed by atoms with E-state index < -0.39 is 5.41 Å². The third-order valence-corrected chi connectivity index (χ3v) is 4.70. The Balaban J connectivity index is 2.27. The molecule has 3 amide bonds. The molecule has 156 valence electrons. The van der Waals surface area contributed by atoms with Gasteiger partial charge in [-0.05, 0) is 56.4 Å². The van der Waals surface area contributed by atoms with E-state index >= 15 is 0 Å². The smallest absolute Gasteiger partial charge is 0.319 e. The highest BCUT2D eigenvalue weighted by molar-refractivity contribution is 5.90. The van der Waals surface area contributed by atoms with Gasteiger partial charge in [-0.2, -0.15) is 0 Å². The van der Waals surface area contributed by atoms with Gasteiger partial charge in [-0.3, -0.25) is 4.79 Å². The average Bonchev–Trinajstić information content (AvgIpc) is 3.35. The number of amides is 3. The molecule has 0 unspecified atom stereocenters. The molecule has 1 saturated carbocycles. The zero-order chi connectivity index (χ0) is 21.1. The fourth-order valence-corrected chi connectivity index (χ4v) is 3.17. The summed E-state index contributed by atoms with van der Waals surface area (Å²) in [7, 11) is 3.99. The van der Waals surface area contributed by atoms with Crippen molar-refractivity contribution < 1.29 is 9.59 Å². The molecule has 0 saturated heterocycles. The molecule has 0 radical (unpaired) electrons. The van der Waals surface area contributed by atoms with E-state index in [9.17, 15) is 9.59 Å². The minimum absolute atomic E-state index is 0.0685. The zero-order valence-corrected chi connectivity index (χ0v) is 18.4. The second-order valence-electron chi connectivity index (χ2n) is 9.37. The Morgan fingerprint density at radius 2 is 1.82 bits per heavy atom. The molecule has 1 aromatic carbocycles. The van der Waals surface area contributed by atoms with E-state index in [-0.39, 0.29) is 18.0 Å². The van der Waals surface area contributed by atoms with E-state index in [2.05, 4.69) is 10.6 Å². The highest BCUT2D eigenvalue weighted by atomic mass is 16.2. The topological polar surface area (TPSA) is 64.7 Å². The van der Waals surface area contributed by atoms with Gasteiger partial charge in [0.1, 0.15) is 0 Å². The number of carbonyl (C=O) groups excluding carboxylic acids is 2. The Labute approximate surface area is 169 Å². The van der Waals surface area contributed by atoms with Crippen molar-refractivity contribution in [1.82, 2.24) is 10.2 Å². The van der Waals surface area contributed by atoms with Crippen molar-refractivity contribution in [1.29, 1.82) is 0 Å². The molecule has 0 aromatic heterocycles. The quantitative estimate of drug-likeness (QED) is 0.740. The lowest BCUT2D eigenvalue weighted by Crippen LogP contribution is -2.40. The van der Waals surface area contributed by atoms with Crippen molar-refractivity contribution in [2.45, 2.75) is 60.0 Å². The summed E-state index contributed by atoms with van der Waals surface area (Å²) in [4.78, 5) is 29.1. The molecule has 0 spiro atoms. The predicted octanol–water partition coefficient (Wildman–Crippen LogP) is 4.07. The molecule has 2 N–H and O–H groups in total. The molecule has 6 nitrogen and oxygen atoms in total. The number of urea groups is 1. The second-order valence-corrected chi connectivity index (χ2v) is 9.37. The number of anilines is 2. The molecule has 1 aliphatic rings. The van der Waals surface area contributed by atoms with E-state index in [0.29, 0.717) is 12.5 Å². The van der Waals surface area contributed by atoms with Crippen LogP contribution in [-0.4, -0.2) is 43.5 Å². The van der Waals surface area contributed by atoms with Crippen LogP contribution in [0.5, 0.6) is 0 Å². The standard InChI is InChI=1S/C22H36N4O2/c1-15(2)23-21(28)24-18-10-11-19(25(6)7)17(12-18)14-26(13-16-8-9-16)20(27)22(3,4)5/h10-12,15-16H,8-9,13-14H2,1-7H3,(H2,23,24,28). The number of rotatable bonds is 7. The summed E-state index contributed by atoms with van der Waals surface area (Å²) in [6.07, 6.45) is 2.40. The number of nitrogens with one attached hydrogen (secondary N) is 2. The summed E-state index contributed by atoms with van der Waals surface area (Å²) in [5.74, 6) is 0.784. The second kappa shape index (κ2) is 8.84. The minimum atomic E-state index is -0.416. The van der Waals surface area contributed by atoms with Gasteiger partial charge in [0.25, 0.3) is 0 Å². The molecule has 1 aromatic rings. The highest BCUT2D eigenvalue weighted by Gasteiger charge is 2.32. The van der Waals surface area contributed by atoms with Gasteiger partial charge in [0.15, 0.2) is 0 Å². The Hall–Kier alpha value is -2.24. The predicted molar refractivity (Wildman–Crippen MR) is 116 cm³/mol. The van der Waals surface area contributed by atoms with Crippen molar-refractivity contribution in [2.75, 3.05) is 30.9 Å². The maximum atomic E-state index is 13.0. The van der Waals surface area contributed by atoms with Gasteiger partial charge in [0.2, 0.25) is 5.91 Å². The molecule has 0 bridgehead atoms. The first-order valence-electron chi connectivity index (χ1n) is 10.1. The third kappa shape index (κ3) is 6.43. The zero-order valence-electron chi connectivity index (χ0n) is 18.4. The van der Waals surface area contributed by atoms with E-state index in [1.165, 1.54) is 12.8 Å². The van der Waals surface area contributed by atoms with E-state index in [1.807, 2.05) is 76.7 Å². The van der Waals surface area contributed by atoms with Gasteiger partial charge in [-0.25, -0.2) is 4.79 Å². The van der Waals surface area contributed by atoms with Gasteiger partial charge in [-0.1, -0.05) is 20.8 Å². The largest absolute Gasteiger partial charge is 0.377 e. The Morgan fingerprint density at radius 3 is 2.32 bits per heavy atom. The van der Waals surface area contributed by atoms with Crippen molar-refractivity contribution in [3.8, 4) is 0 Å². The van der Waals surface area contributed by atoms with Crippen LogP contribution in [0.25, 0.3) is 0 Å². The first-order chi connectivity index (χ1) is 13.0. The van der Waals surface area contributed by atoms with Crippen LogP contribution < -0.4 is 15.5 Å². The van der Waals surface area contributed by atoms with E-state index in [0.717, 1.165) is 23.5 Å². The lowest BCUT2D eigenvalue weighted by Gasteiger charge is -2.31. The lowest BCUT2D eigenvalue weighted by atomic mass is 9.94. The van der Waals surface area contributed by atoms with Crippen LogP contribution in [0.3, 0.4) is 0 Å². The van der Waals surface area contributed by atoms with E-state index in [1.54, 1.807) is 0 Å². The number of hydrogen-bond acceptors (Lipinski definition) is 3. The molecular weight excluding hydrogens is 352 g/mol. The van der Waals surface area contributed by atoms with Crippen LogP contribution in [0, 0.1) is 11.3 Å². The van der Waals surface area contributed by atoms with Crippen LogP contribution in [0.15, 0.2) is 18.2 Å². The maximum Gasteiger partial charge on any atom is 0.319 e. The summed E-state index contributed by atoms with van der Waals surface area (Å²) >= 11 is 0. The van der Waals surface area contributed by atoms with Crippen LogP contribution in [0.2, 0.25) is 0 Å². The fraction of sp³-hybridized carbons (Fsp3) is 0.636. The molecular formula is C22H36N4O2. The van der Waals surface area contributed by atoms with Gasteiger partial charge < -0.3 is 20.4 Å². The number of benzene rings is 1. The van der Waals surface area contributed by atoms with Crippen molar-refractivity contribution >= 4 is 23.3 Å². The minimum Gasteiger partial charge on any atom is -0.377 e. The first-order valence-corrected chi connectivity index (χ1v) is 10.1. The monoisotopic (exact) mass is 388 g/mol. The normalized spacial score (nSPS) is 14.0. The van der Waals surface area contributed by atoms with Crippen LogP contribution in [0.1, 0.15) is 53.0 Å². The van der Waals surface area contributed by atoms with Gasteiger partial charge in [-0.15, -0.1) is 0 Å². The maximum absolute atomic E-state index is 13.0. The molecule has 6 heteroatoms. The Morgan fingerprint density at radius 1 is 1.18 bits per heavy atom. The van der Waals surface area contributed by atoms with Crippen LogP contribution in [-0.2, 0) is 11.3 Å². The Kier molecular flexibility index (Phi) is 6.96. The van der Waals surface area contributed by atoms with Gasteiger partial charge in [0.05, 0.1) is 0 Å². The Bertz CT molecular complexity index is 703. The van der Waals surface area contributed by atoms with Crippen molar-refractivity contribution in [3.05, 3.63) is 23.8 Å². The molecule has 1 fully saturated rings. The third-order valence-electron chi connectivity index (χ3n) is 4.70. The number of nitrogens with zero attached hydrogens (tertiary/aromatic N) is 2. The molecule has 1 aliphatic carbocycles. The molecule has 2 rings (SSSR count). The lowest BCUT2D eigenvalue weighted by molar-refractivity contribution is -0.140. The highest BCUT2D eigenvalue weighted by Crippen LogP contribution is 2.33. The molecule has 28 heavy (non-hydrogen) atoms. The molecule has 0 aliphatic heterocycles. The molecule has 0 heterocycles. The van der Waals surface area contributed by atoms with Crippen LogP contribution in [0.4, 0.5) is 16.2 Å². The van der Waals surface area contributed by atoms with Gasteiger partial charge >= 0.3 is 6.03 Å². The summed E-state index contributed by atoms with van der Waals surface area (Å²) in [5.41, 5.74) is 2.40. The van der Waals surface area contributed by atoms with Crippen molar-refractivity contribution in [2.24, 2.45) is 11.3 Å². The fourth-order valence-electron chi connectivity index (χ4n) is 3.17. The van der Waals surface area contributed by atoms with E-state index in [4.69, 9.17) is 0 Å². The average molecular weight is 389 g/mol. The number of hydrogen-bond donors (Lipinski definition) is 2. The molecule has 0 atom stereocenters. The van der Waals surface area contributed by atoms with Gasteiger partial charge in [0, 0.05) is 50.0 Å². The SMILES string of the molecule is CC(C)NC(=O)Nc1ccc(N(C)C)c(CN(CC2CC2)C(=O)C(C)(C)C)c1. The summed E-state index contributed by atoms with van der Waals surface area (Å²) in [6, 6.07) is 5.72. The number of carbonyl (C=O) groups is 2. The van der Waals surface area contributed by atoms with Crippen LogP contribution >= 0.6 is 0 Å². The van der Waals surface area contributed by atoms with Crippen molar-refractivity contribution in [3.63, 3.8) is 0 Å². The summed E-state index contributed by atoms with van der Waals surface area (Å²) < 4.78 is 0. The first kappa shape index (κ1) is 22.1. The summed E-state index contributed by atoms with van der Waals surface area (Å²) in [6.45, 7) is 11.1.